The predicted octanol–water partition coefficient (Wildman–Crippen LogP) is 3.11. The van der Waals surface area contributed by atoms with Gasteiger partial charge in [-0.05, 0) is 70.1 Å². The van der Waals surface area contributed by atoms with Gasteiger partial charge in [0, 0.05) is 11.8 Å². The highest BCUT2D eigenvalue weighted by Gasteiger charge is 2.24. The zero-order valence-corrected chi connectivity index (χ0v) is 17.1. The Morgan fingerprint density at radius 2 is 1.82 bits per heavy atom. The molecule has 1 saturated heterocycles. The van der Waals surface area contributed by atoms with Crippen molar-refractivity contribution >= 4 is 21.5 Å². The van der Waals surface area contributed by atoms with Gasteiger partial charge in [-0.15, -0.1) is 0 Å². The lowest BCUT2D eigenvalue weighted by atomic mass is 10.2. The number of para-hydroxylation sites is 1. The van der Waals surface area contributed by atoms with E-state index in [1.807, 2.05) is 18.2 Å². The molecule has 0 spiro atoms. The molecule has 1 aromatic heterocycles. The number of nitrogens with zero attached hydrogens (tertiary/aromatic N) is 3. The number of Topliss-reactive ketones (excluding diaryl/α,β-unsaturated/α-hetero) is 1. The van der Waals surface area contributed by atoms with Crippen LogP contribution in [0, 0.1) is 0 Å². The maximum absolute atomic E-state index is 13.1. The number of carbonyl (C=O) groups is 1. The van der Waals surface area contributed by atoms with Gasteiger partial charge in [0.1, 0.15) is 0 Å². The van der Waals surface area contributed by atoms with Crippen molar-refractivity contribution in [3.8, 4) is 0 Å². The van der Waals surface area contributed by atoms with Crippen molar-refractivity contribution in [2.75, 3.05) is 29.7 Å². The topological polar surface area (TPSA) is 70.6 Å². The van der Waals surface area contributed by atoms with Crippen molar-refractivity contribution in [1.29, 1.82) is 0 Å². The van der Waals surface area contributed by atoms with Crippen LogP contribution in [0.4, 0.5) is 5.69 Å². The Hall–Kier alpha value is -2.25. The zero-order chi connectivity index (χ0) is 20.0. The first-order chi connectivity index (χ1) is 13.5. The Morgan fingerprint density at radius 3 is 2.43 bits per heavy atom. The van der Waals surface area contributed by atoms with E-state index in [0.29, 0.717) is 23.4 Å². The van der Waals surface area contributed by atoms with Crippen molar-refractivity contribution in [2.24, 2.45) is 0 Å². The van der Waals surface area contributed by atoms with Crippen LogP contribution in [0.1, 0.15) is 42.2 Å². The van der Waals surface area contributed by atoms with Gasteiger partial charge in [0.25, 0.3) is 0 Å². The van der Waals surface area contributed by atoms with E-state index in [1.165, 1.54) is 30.3 Å². The molecule has 2 aromatic rings. The van der Waals surface area contributed by atoms with Gasteiger partial charge < -0.3 is 4.90 Å². The molecule has 0 saturated carbocycles. The minimum atomic E-state index is -3.49. The van der Waals surface area contributed by atoms with Gasteiger partial charge in [-0.3, -0.25) is 14.1 Å². The number of carbonyl (C=O) groups excluding carboxylic acids is 1. The summed E-state index contributed by atoms with van der Waals surface area (Å²) in [6.07, 6.45) is 4.51. The number of ketones is 1. The molecule has 28 heavy (non-hydrogen) atoms. The van der Waals surface area contributed by atoms with E-state index >= 15 is 0 Å². The molecule has 0 unspecified atom stereocenters. The van der Waals surface area contributed by atoms with E-state index in [0.717, 1.165) is 19.6 Å². The molecule has 0 N–H and O–H groups in total. The predicted molar refractivity (Wildman–Crippen MR) is 111 cm³/mol. The fourth-order valence-corrected chi connectivity index (χ4v) is 4.89. The summed E-state index contributed by atoms with van der Waals surface area (Å²) >= 11 is 0. The Labute approximate surface area is 167 Å². The minimum Gasteiger partial charge on any atom is -0.303 e. The first-order valence-electron chi connectivity index (χ1n) is 9.69. The van der Waals surface area contributed by atoms with E-state index in [9.17, 15) is 13.2 Å². The van der Waals surface area contributed by atoms with Crippen LogP contribution in [0.2, 0.25) is 0 Å². The number of pyridine rings is 1. The van der Waals surface area contributed by atoms with Crippen LogP contribution in [0.25, 0.3) is 0 Å². The Balaban J connectivity index is 1.75. The van der Waals surface area contributed by atoms with Crippen LogP contribution in [-0.4, -0.2) is 49.5 Å². The molecule has 1 aliphatic heterocycles. The van der Waals surface area contributed by atoms with Gasteiger partial charge in [-0.1, -0.05) is 18.2 Å². The third-order valence-corrected chi connectivity index (χ3v) is 6.81. The fraction of sp³-hybridized carbons (Fsp3) is 0.429. The molecule has 1 aromatic carbocycles. The number of benzene rings is 1. The van der Waals surface area contributed by atoms with Gasteiger partial charge >= 0.3 is 0 Å². The highest BCUT2D eigenvalue weighted by atomic mass is 32.2. The van der Waals surface area contributed by atoms with E-state index in [1.54, 1.807) is 24.3 Å². The maximum Gasteiger partial charge on any atom is 0.235 e. The summed E-state index contributed by atoms with van der Waals surface area (Å²) in [5.41, 5.74) is 1.75. The van der Waals surface area contributed by atoms with Crippen LogP contribution in [0.5, 0.6) is 0 Å². The summed E-state index contributed by atoms with van der Waals surface area (Å²) in [4.78, 5) is 18.0. The molecule has 0 radical (unpaired) electrons. The number of hydrogen-bond donors (Lipinski definition) is 0. The Morgan fingerprint density at radius 1 is 1.11 bits per heavy atom. The van der Waals surface area contributed by atoms with Crippen molar-refractivity contribution in [3.05, 3.63) is 59.9 Å². The smallest absolute Gasteiger partial charge is 0.235 e. The molecule has 0 aliphatic carbocycles. The van der Waals surface area contributed by atoms with E-state index in [-0.39, 0.29) is 18.1 Å². The Kier molecular flexibility index (Phi) is 6.80. The summed E-state index contributed by atoms with van der Waals surface area (Å²) in [7, 11) is -3.49. The van der Waals surface area contributed by atoms with Gasteiger partial charge in [-0.2, -0.15) is 0 Å². The average molecular weight is 402 g/mol. The van der Waals surface area contributed by atoms with Crippen LogP contribution in [-0.2, 0) is 16.6 Å². The number of likely N-dealkylation sites (tertiary alicyclic amines) is 1. The van der Waals surface area contributed by atoms with Crippen molar-refractivity contribution in [1.82, 2.24) is 9.88 Å². The monoisotopic (exact) mass is 401 g/mol. The van der Waals surface area contributed by atoms with Crippen molar-refractivity contribution < 1.29 is 13.2 Å². The van der Waals surface area contributed by atoms with Crippen LogP contribution in [0.3, 0.4) is 0 Å². The number of sulfonamides is 1. The molecule has 2 heterocycles. The molecular formula is C21H27N3O3S. The largest absolute Gasteiger partial charge is 0.303 e. The molecule has 0 amide bonds. The van der Waals surface area contributed by atoms with Gasteiger partial charge in [-0.25, -0.2) is 8.42 Å². The molecule has 1 aliphatic rings. The number of anilines is 1. The number of aromatic nitrogens is 1. The molecule has 150 valence electrons. The quantitative estimate of drug-likeness (QED) is 0.604. The lowest BCUT2D eigenvalue weighted by molar-refractivity contribution is 0.101. The lowest BCUT2D eigenvalue weighted by Gasteiger charge is -2.25. The third kappa shape index (κ3) is 5.39. The zero-order valence-electron chi connectivity index (χ0n) is 16.3. The van der Waals surface area contributed by atoms with Crippen LogP contribution < -0.4 is 4.31 Å². The van der Waals surface area contributed by atoms with Crippen LogP contribution in [0.15, 0.2) is 48.7 Å². The van der Waals surface area contributed by atoms with Crippen molar-refractivity contribution in [3.63, 3.8) is 0 Å². The van der Waals surface area contributed by atoms with E-state index in [2.05, 4.69) is 9.88 Å². The fourth-order valence-electron chi connectivity index (χ4n) is 3.40. The third-order valence-electron chi connectivity index (χ3n) is 4.99. The molecular weight excluding hydrogens is 374 g/mol. The molecule has 1 fully saturated rings. The summed E-state index contributed by atoms with van der Waals surface area (Å²) < 4.78 is 27.6. The summed E-state index contributed by atoms with van der Waals surface area (Å²) in [5, 5.41) is 0. The highest BCUT2D eigenvalue weighted by molar-refractivity contribution is 7.92. The first kappa shape index (κ1) is 20.5. The number of hydrogen-bond acceptors (Lipinski definition) is 5. The maximum atomic E-state index is 13.1. The van der Waals surface area contributed by atoms with Gasteiger partial charge in [0.2, 0.25) is 10.0 Å². The molecule has 6 nitrogen and oxygen atoms in total. The standard InChI is InChI=1S/C21H27N3O3S/c1-18(25)19-10-11-20(22-16-19)17-24(21-8-3-2-4-9-21)28(26,27)15-7-14-23-12-5-6-13-23/h2-4,8-11,16H,5-7,12-15,17H2,1H3. The highest BCUT2D eigenvalue weighted by Crippen LogP contribution is 2.21. The minimum absolute atomic E-state index is 0.0616. The summed E-state index contributed by atoms with van der Waals surface area (Å²) in [6, 6.07) is 12.5. The number of rotatable bonds is 9. The van der Waals surface area contributed by atoms with Gasteiger partial charge in [0.05, 0.1) is 23.7 Å². The normalized spacial score (nSPS) is 14.9. The average Bonchev–Trinajstić information content (AvgIpc) is 3.20. The summed E-state index contributed by atoms with van der Waals surface area (Å²) in [5.74, 6) is 0.0395. The Bertz CT molecular complexity index is 877. The second-order valence-corrected chi connectivity index (χ2v) is 9.17. The first-order valence-corrected chi connectivity index (χ1v) is 11.3. The van der Waals surface area contributed by atoms with Crippen molar-refractivity contribution in [2.45, 2.75) is 32.7 Å². The second kappa shape index (κ2) is 9.30. The molecule has 0 bridgehead atoms. The second-order valence-electron chi connectivity index (χ2n) is 7.15. The van der Waals surface area contributed by atoms with Crippen LogP contribution >= 0.6 is 0 Å². The summed E-state index contributed by atoms with van der Waals surface area (Å²) in [6.45, 7) is 4.57. The van der Waals surface area contributed by atoms with E-state index < -0.39 is 10.0 Å². The lowest BCUT2D eigenvalue weighted by Crippen LogP contribution is -2.34. The van der Waals surface area contributed by atoms with E-state index in [4.69, 9.17) is 0 Å². The molecule has 0 atom stereocenters. The van der Waals surface area contributed by atoms with Gasteiger partial charge in [0.15, 0.2) is 5.78 Å². The SMILES string of the molecule is CC(=O)c1ccc(CN(c2ccccc2)S(=O)(=O)CCCN2CCCC2)nc1. The molecule has 7 heteroatoms. The molecule has 3 rings (SSSR count).